The Balaban J connectivity index is 0.00000300. The van der Waals surface area contributed by atoms with Gasteiger partial charge in [-0.3, -0.25) is 19.6 Å². The van der Waals surface area contributed by atoms with Crippen LogP contribution in [0.5, 0.6) is 5.75 Å². The van der Waals surface area contributed by atoms with Crippen molar-refractivity contribution in [3.63, 3.8) is 0 Å². The number of aromatic carboxylic acids is 1. The van der Waals surface area contributed by atoms with Gasteiger partial charge in [0.15, 0.2) is 5.71 Å². The van der Waals surface area contributed by atoms with Crippen molar-refractivity contribution in [2.75, 3.05) is 10.7 Å². The van der Waals surface area contributed by atoms with E-state index < -0.39 is 43.8 Å². The first-order valence-electron chi connectivity index (χ1n) is 13.0. The summed E-state index contributed by atoms with van der Waals surface area (Å²) in [6, 6.07) is 21.6. The second kappa shape index (κ2) is 15.7. The molecule has 4 aromatic rings. The Morgan fingerprint density at radius 1 is 0.809 bits per heavy atom. The summed E-state index contributed by atoms with van der Waals surface area (Å²) in [6.45, 7) is 1.31. The van der Waals surface area contributed by atoms with Gasteiger partial charge in [0, 0.05) is 18.2 Å². The van der Waals surface area contributed by atoms with E-state index in [0.717, 1.165) is 29.3 Å². The predicted molar refractivity (Wildman–Crippen MR) is 162 cm³/mol. The molecule has 4 aromatic carbocycles. The van der Waals surface area contributed by atoms with Crippen molar-refractivity contribution in [1.82, 2.24) is 0 Å². The van der Waals surface area contributed by atoms with E-state index in [1.54, 1.807) is 48.5 Å². The van der Waals surface area contributed by atoms with Crippen LogP contribution in [0.1, 0.15) is 33.2 Å². The predicted octanol–water partition coefficient (Wildman–Crippen LogP) is -1.93. The van der Waals surface area contributed by atoms with E-state index in [1.165, 1.54) is 31.2 Å². The van der Waals surface area contributed by atoms with Gasteiger partial charge in [0.05, 0.1) is 23.0 Å². The summed E-state index contributed by atoms with van der Waals surface area (Å²) in [5, 5.41) is 37.2. The van der Waals surface area contributed by atoms with Crippen LogP contribution in [0.15, 0.2) is 105 Å². The van der Waals surface area contributed by atoms with Gasteiger partial charge in [-0.15, -0.1) is 0 Å². The molecule has 3 N–H and O–H groups in total. The third kappa shape index (κ3) is 9.09. The number of allylic oxidation sites excluding steroid dienone is 1. The van der Waals surface area contributed by atoms with Gasteiger partial charge >= 0.3 is 59.1 Å². The molecule has 13 nitrogen and oxygen atoms in total. The first-order valence-corrected chi connectivity index (χ1v) is 14.5. The minimum absolute atomic E-state index is 0. The number of nitrogens with zero attached hydrogens (tertiary/aromatic N) is 3. The van der Waals surface area contributed by atoms with Crippen molar-refractivity contribution in [2.45, 2.75) is 6.92 Å². The Morgan fingerprint density at radius 2 is 1.38 bits per heavy atom. The fraction of sp³-hybridized carbons (Fsp3) is 0.0323. The van der Waals surface area contributed by atoms with E-state index in [1.807, 2.05) is 0 Å². The van der Waals surface area contributed by atoms with Crippen LogP contribution in [0.3, 0.4) is 0 Å². The summed E-state index contributed by atoms with van der Waals surface area (Å²) in [6.07, 6.45) is 1.13. The van der Waals surface area contributed by atoms with Crippen LogP contribution in [-0.2, 0) is 14.9 Å². The van der Waals surface area contributed by atoms with Gasteiger partial charge in [-0.25, -0.2) is 0 Å². The number of fused-ring (bicyclic) bond motifs is 1. The summed E-state index contributed by atoms with van der Waals surface area (Å²) >= 11 is 0. The van der Waals surface area contributed by atoms with Crippen molar-refractivity contribution in [1.29, 1.82) is 0 Å². The molecule has 0 atom stereocenters. The van der Waals surface area contributed by atoms with E-state index in [2.05, 4.69) is 26.1 Å². The molecule has 5 rings (SSSR count). The standard InChI is InChI=1S/C31H23N5O8S.2Na/c1-17(37)32-23-11-6-20-14-28(45(42,43)44)29(30(39)25(20)15-23)36-34-22-9-4-19(5-10-22)18-2-7-21(8-3-18)33-35-24-12-13-27(38)26(16-24)31(40)41;;/h2-16,34,38H,1H3,(H,32,37)(H,40,41)(H,42,43,44);;/q;2*+1/p-2. The van der Waals surface area contributed by atoms with E-state index in [0.29, 0.717) is 17.1 Å². The number of hydrazone groups is 1. The van der Waals surface area contributed by atoms with Crippen molar-refractivity contribution >= 4 is 62.3 Å². The number of carbonyl (C=O) groups excluding carboxylic acids is 3. The molecule has 47 heavy (non-hydrogen) atoms. The number of carboxylic acids is 1. The van der Waals surface area contributed by atoms with Crippen LogP contribution in [0.25, 0.3) is 17.2 Å². The molecule has 0 aliphatic heterocycles. The average Bonchev–Trinajstić information content (AvgIpc) is 3.00. The van der Waals surface area contributed by atoms with Crippen LogP contribution >= 0.6 is 0 Å². The number of carbonyl (C=O) groups is 3. The topological polar surface area (TPSA) is 213 Å². The number of Topliss-reactive ketones (excluding diaryl/α,β-unsaturated/α-hetero) is 1. The molecule has 226 valence electrons. The van der Waals surface area contributed by atoms with Crippen LogP contribution in [0.4, 0.5) is 22.7 Å². The molecule has 1 aliphatic rings. The average molecular weight is 670 g/mol. The SMILES string of the molecule is CC(=O)Nc1ccc2c(c1)C(=O)C(=NNc1ccc(-c3ccc(N=Nc4ccc([O-])c(C(=O)[O-])c4)cc3)cc1)C(S(=O)(=O)O)=C2.[Na+].[Na+]. The molecular weight excluding hydrogens is 648 g/mol. The molecule has 0 heterocycles. The van der Waals surface area contributed by atoms with Crippen molar-refractivity contribution < 1.29 is 96.7 Å². The molecular formula is C31H21N5Na2O8S. The smallest absolute Gasteiger partial charge is 0.872 e. The molecule has 0 saturated carbocycles. The zero-order chi connectivity index (χ0) is 32.3. The first kappa shape index (κ1) is 37.5. The number of ketones is 1. The van der Waals surface area contributed by atoms with Gasteiger partial charge in [-0.05, 0) is 76.9 Å². The molecule has 0 bridgehead atoms. The van der Waals surface area contributed by atoms with E-state index in [-0.39, 0.29) is 81.8 Å². The number of amides is 1. The minimum Gasteiger partial charge on any atom is -0.872 e. The summed E-state index contributed by atoms with van der Waals surface area (Å²) in [7, 11) is -4.81. The number of rotatable bonds is 8. The van der Waals surface area contributed by atoms with E-state index in [9.17, 15) is 37.6 Å². The zero-order valence-electron chi connectivity index (χ0n) is 25.2. The van der Waals surface area contributed by atoms with Gasteiger partial charge in [-0.1, -0.05) is 42.1 Å². The van der Waals surface area contributed by atoms with Crippen LogP contribution in [-0.4, -0.2) is 36.3 Å². The first-order chi connectivity index (χ1) is 21.4. The van der Waals surface area contributed by atoms with E-state index >= 15 is 0 Å². The summed E-state index contributed by atoms with van der Waals surface area (Å²) in [5.74, 6) is -3.40. The third-order valence-corrected chi connectivity index (χ3v) is 7.34. The van der Waals surface area contributed by atoms with Crippen molar-refractivity contribution in [3.8, 4) is 16.9 Å². The summed E-state index contributed by atoms with van der Waals surface area (Å²) in [4.78, 5) is 35.0. The van der Waals surface area contributed by atoms with Gasteiger partial charge in [0.2, 0.25) is 11.7 Å². The number of hydrogen-bond acceptors (Lipinski definition) is 11. The second-order valence-corrected chi connectivity index (χ2v) is 11.1. The molecule has 0 spiro atoms. The molecule has 0 radical (unpaired) electrons. The van der Waals surface area contributed by atoms with Crippen LogP contribution < -0.4 is 80.1 Å². The van der Waals surface area contributed by atoms with Gasteiger partial charge in [0.25, 0.3) is 10.1 Å². The Kier molecular flexibility index (Phi) is 12.5. The number of nitrogens with one attached hydrogen (secondary N) is 2. The minimum atomic E-state index is -4.81. The molecule has 1 amide bonds. The number of azo groups is 1. The van der Waals surface area contributed by atoms with E-state index in [4.69, 9.17) is 0 Å². The Labute approximate surface area is 312 Å². The van der Waals surface area contributed by atoms with Gasteiger partial charge in [-0.2, -0.15) is 23.7 Å². The summed E-state index contributed by atoms with van der Waals surface area (Å²) < 4.78 is 34.0. The number of carboxylic acid groups (broad SMARTS) is 1. The Hall–Kier alpha value is -3.99. The molecule has 0 aromatic heterocycles. The maximum Gasteiger partial charge on any atom is 1.00 e. The largest absolute Gasteiger partial charge is 1.00 e. The monoisotopic (exact) mass is 669 g/mol. The normalized spacial score (nSPS) is 13.2. The zero-order valence-corrected chi connectivity index (χ0v) is 30.0. The molecule has 0 saturated heterocycles. The number of benzene rings is 4. The maximum atomic E-state index is 13.2. The fourth-order valence-corrected chi connectivity index (χ4v) is 5.00. The van der Waals surface area contributed by atoms with Crippen molar-refractivity contribution in [3.05, 3.63) is 107 Å². The van der Waals surface area contributed by atoms with Gasteiger partial charge < -0.3 is 20.3 Å². The Bertz CT molecular complexity index is 2060. The van der Waals surface area contributed by atoms with Crippen molar-refractivity contribution in [2.24, 2.45) is 15.3 Å². The molecule has 0 fully saturated rings. The van der Waals surface area contributed by atoms with Crippen LogP contribution in [0, 0.1) is 0 Å². The maximum absolute atomic E-state index is 13.2. The molecule has 0 unspecified atom stereocenters. The quantitative estimate of drug-likeness (QED) is 0.0823. The second-order valence-electron chi connectivity index (χ2n) is 9.66. The number of hydrogen-bond donors (Lipinski definition) is 3. The summed E-state index contributed by atoms with van der Waals surface area (Å²) in [5.41, 5.74) is 4.96. The van der Waals surface area contributed by atoms with Gasteiger partial charge in [0.1, 0.15) is 4.91 Å². The third-order valence-electron chi connectivity index (χ3n) is 6.48. The van der Waals surface area contributed by atoms with Crippen LogP contribution in [0.2, 0.25) is 0 Å². The molecule has 1 aliphatic carbocycles. The Morgan fingerprint density at radius 3 is 1.98 bits per heavy atom. The number of anilines is 2. The molecule has 16 heteroatoms. The fourth-order valence-electron chi connectivity index (χ4n) is 4.34.